The lowest BCUT2D eigenvalue weighted by atomic mass is 10.2. The number of hydrogen-bond acceptors (Lipinski definition) is 3. The Morgan fingerprint density at radius 2 is 2.20 bits per heavy atom. The number of carbonyl (C=O) groups is 1. The van der Waals surface area contributed by atoms with Gasteiger partial charge in [0, 0.05) is 0 Å². The number of pyridine rings is 1. The topological polar surface area (TPSA) is 53.8 Å². The molecule has 0 saturated carbocycles. The molecule has 0 spiro atoms. The summed E-state index contributed by atoms with van der Waals surface area (Å²) in [6.07, 6.45) is -3.07. The Morgan fingerprint density at radius 3 is 2.60 bits per heavy atom. The third-order valence-electron chi connectivity index (χ3n) is 1.52. The van der Waals surface area contributed by atoms with Crippen LogP contribution in [-0.2, 0) is 0 Å². The van der Waals surface area contributed by atoms with Crippen LogP contribution in [0.2, 0.25) is 0 Å². The molecule has 0 aliphatic rings. The zero-order valence-corrected chi connectivity index (χ0v) is 7.73. The molecular formula is C8H2ClF3N2O. The molecule has 0 atom stereocenters. The standard InChI is InChI=1S/C8H2ClF3N2O/c9-7(15)6-4(10)1-3(2-13)5(14-6)8(11)12/h1,8H. The number of halogens is 4. The molecule has 1 heterocycles. The first-order valence-corrected chi connectivity index (χ1v) is 3.93. The Labute approximate surface area is 87.1 Å². The molecule has 0 aliphatic heterocycles. The monoisotopic (exact) mass is 234 g/mol. The first kappa shape index (κ1) is 11.5. The van der Waals surface area contributed by atoms with Crippen LogP contribution in [-0.4, -0.2) is 10.2 Å². The van der Waals surface area contributed by atoms with Gasteiger partial charge in [0.05, 0.1) is 5.56 Å². The lowest BCUT2D eigenvalue weighted by Crippen LogP contribution is -2.05. The van der Waals surface area contributed by atoms with Gasteiger partial charge in [-0.3, -0.25) is 4.79 Å². The van der Waals surface area contributed by atoms with Gasteiger partial charge >= 0.3 is 0 Å². The summed E-state index contributed by atoms with van der Waals surface area (Å²) in [6.45, 7) is 0. The van der Waals surface area contributed by atoms with Crippen molar-refractivity contribution in [3.05, 3.63) is 28.8 Å². The van der Waals surface area contributed by atoms with E-state index in [1.807, 2.05) is 0 Å². The highest BCUT2D eigenvalue weighted by atomic mass is 35.5. The van der Waals surface area contributed by atoms with Crippen molar-refractivity contribution in [3.63, 3.8) is 0 Å². The normalized spacial score (nSPS) is 10.1. The lowest BCUT2D eigenvalue weighted by molar-refractivity contribution is 0.107. The number of rotatable bonds is 2. The number of aromatic nitrogens is 1. The van der Waals surface area contributed by atoms with E-state index in [1.165, 1.54) is 6.07 Å². The molecule has 1 aromatic heterocycles. The smallest absolute Gasteiger partial charge is 0.274 e. The largest absolute Gasteiger partial charge is 0.281 e. The maximum atomic E-state index is 13.0. The fraction of sp³-hybridized carbons (Fsp3) is 0.125. The van der Waals surface area contributed by atoms with Crippen molar-refractivity contribution in [1.82, 2.24) is 4.98 Å². The minimum absolute atomic E-state index is 0.504. The summed E-state index contributed by atoms with van der Waals surface area (Å²) in [6, 6.07) is 1.85. The number of carbonyl (C=O) groups excluding carboxylic acids is 1. The molecule has 0 N–H and O–H groups in total. The van der Waals surface area contributed by atoms with E-state index >= 15 is 0 Å². The number of nitrogens with zero attached hydrogens (tertiary/aromatic N) is 2. The average Bonchev–Trinajstić information content (AvgIpc) is 2.16. The Balaban J connectivity index is 3.45. The van der Waals surface area contributed by atoms with Gasteiger partial charge in [-0.1, -0.05) is 0 Å². The predicted molar refractivity (Wildman–Crippen MR) is 44.1 cm³/mol. The fourth-order valence-electron chi connectivity index (χ4n) is 0.897. The van der Waals surface area contributed by atoms with Crippen molar-refractivity contribution in [1.29, 1.82) is 5.26 Å². The summed E-state index contributed by atoms with van der Waals surface area (Å²) in [5.74, 6) is -1.20. The number of alkyl halides is 2. The summed E-state index contributed by atoms with van der Waals surface area (Å²) in [7, 11) is 0. The van der Waals surface area contributed by atoms with Gasteiger partial charge in [0.15, 0.2) is 11.5 Å². The third-order valence-corrected chi connectivity index (χ3v) is 1.70. The molecule has 0 fully saturated rings. The first-order chi connectivity index (χ1) is 6.97. The van der Waals surface area contributed by atoms with Crippen molar-refractivity contribution < 1.29 is 18.0 Å². The predicted octanol–water partition coefficient (Wildman–Crippen LogP) is 2.41. The minimum Gasteiger partial charge on any atom is -0.274 e. The zero-order valence-electron chi connectivity index (χ0n) is 6.97. The minimum atomic E-state index is -3.07. The lowest BCUT2D eigenvalue weighted by Gasteiger charge is -2.03. The van der Waals surface area contributed by atoms with E-state index in [2.05, 4.69) is 4.98 Å². The van der Waals surface area contributed by atoms with Gasteiger partial charge in [-0.15, -0.1) is 0 Å². The molecular weight excluding hydrogens is 233 g/mol. The van der Waals surface area contributed by atoms with Crippen molar-refractivity contribution in [3.8, 4) is 6.07 Å². The molecule has 0 saturated heterocycles. The maximum Gasteiger partial charge on any atom is 0.281 e. The first-order valence-electron chi connectivity index (χ1n) is 3.56. The Bertz CT molecular complexity index is 456. The second kappa shape index (κ2) is 4.28. The van der Waals surface area contributed by atoms with E-state index in [-0.39, 0.29) is 0 Å². The van der Waals surface area contributed by atoms with Gasteiger partial charge in [0.25, 0.3) is 11.7 Å². The Kier molecular flexibility index (Phi) is 3.27. The molecule has 1 rings (SSSR count). The Morgan fingerprint density at radius 1 is 1.60 bits per heavy atom. The summed E-state index contributed by atoms with van der Waals surface area (Å²) in [4.78, 5) is 13.6. The van der Waals surface area contributed by atoms with E-state index in [0.29, 0.717) is 6.07 Å². The highest BCUT2D eigenvalue weighted by molar-refractivity contribution is 6.67. The van der Waals surface area contributed by atoms with Crippen molar-refractivity contribution in [2.75, 3.05) is 0 Å². The van der Waals surface area contributed by atoms with Crippen LogP contribution in [0.15, 0.2) is 6.07 Å². The number of nitriles is 1. The van der Waals surface area contributed by atoms with Gasteiger partial charge in [0.1, 0.15) is 11.8 Å². The van der Waals surface area contributed by atoms with Crippen LogP contribution in [0.4, 0.5) is 13.2 Å². The molecule has 0 unspecified atom stereocenters. The second-order valence-corrected chi connectivity index (χ2v) is 2.78. The molecule has 78 valence electrons. The van der Waals surface area contributed by atoms with Gasteiger partial charge in [-0.05, 0) is 17.7 Å². The van der Waals surface area contributed by atoms with Crippen LogP contribution in [0.25, 0.3) is 0 Å². The number of hydrogen-bond donors (Lipinski definition) is 0. The Hall–Kier alpha value is -1.61. The molecule has 3 nitrogen and oxygen atoms in total. The molecule has 0 aliphatic carbocycles. The maximum absolute atomic E-state index is 13.0. The second-order valence-electron chi connectivity index (χ2n) is 2.44. The third kappa shape index (κ3) is 2.25. The van der Waals surface area contributed by atoms with Crippen LogP contribution >= 0.6 is 11.6 Å². The summed E-state index contributed by atoms with van der Waals surface area (Å²) < 4.78 is 37.6. The van der Waals surface area contributed by atoms with Crippen molar-refractivity contribution >= 4 is 16.8 Å². The molecule has 0 amide bonds. The van der Waals surface area contributed by atoms with E-state index in [1.54, 1.807) is 0 Å². The highest BCUT2D eigenvalue weighted by Crippen LogP contribution is 2.22. The van der Waals surface area contributed by atoms with E-state index in [0.717, 1.165) is 0 Å². The summed E-state index contributed by atoms with van der Waals surface area (Å²) in [5, 5.41) is 7.12. The average molecular weight is 235 g/mol. The van der Waals surface area contributed by atoms with Crippen molar-refractivity contribution in [2.24, 2.45) is 0 Å². The highest BCUT2D eigenvalue weighted by Gasteiger charge is 2.21. The van der Waals surface area contributed by atoms with Crippen LogP contribution in [0.5, 0.6) is 0 Å². The summed E-state index contributed by atoms with van der Waals surface area (Å²) >= 11 is 4.91. The van der Waals surface area contributed by atoms with E-state index in [9.17, 15) is 18.0 Å². The molecule has 7 heteroatoms. The van der Waals surface area contributed by atoms with Gasteiger partial charge < -0.3 is 0 Å². The van der Waals surface area contributed by atoms with Crippen LogP contribution < -0.4 is 0 Å². The van der Waals surface area contributed by atoms with Crippen LogP contribution in [0.3, 0.4) is 0 Å². The SMILES string of the molecule is N#Cc1cc(F)c(C(=O)Cl)nc1C(F)F. The van der Waals surface area contributed by atoms with E-state index in [4.69, 9.17) is 16.9 Å². The van der Waals surface area contributed by atoms with E-state index < -0.39 is 34.4 Å². The van der Waals surface area contributed by atoms with Crippen molar-refractivity contribution in [2.45, 2.75) is 6.43 Å². The van der Waals surface area contributed by atoms with Crippen LogP contribution in [0.1, 0.15) is 28.2 Å². The van der Waals surface area contributed by atoms with Gasteiger partial charge in [-0.25, -0.2) is 18.2 Å². The molecule has 0 bridgehead atoms. The molecule has 1 aromatic rings. The molecule has 15 heavy (non-hydrogen) atoms. The molecule has 0 radical (unpaired) electrons. The van der Waals surface area contributed by atoms with Gasteiger partial charge in [-0.2, -0.15) is 5.26 Å². The summed E-state index contributed by atoms with van der Waals surface area (Å²) in [5.41, 5.74) is -2.49. The van der Waals surface area contributed by atoms with Crippen LogP contribution in [0, 0.1) is 17.1 Å². The van der Waals surface area contributed by atoms with Gasteiger partial charge in [0.2, 0.25) is 0 Å². The quantitative estimate of drug-likeness (QED) is 0.739. The molecule has 0 aromatic carbocycles. The zero-order chi connectivity index (χ0) is 11.6. The fourth-order valence-corrected chi connectivity index (χ4v) is 1.03.